The number of nitrogens with one attached hydrogen (secondary N) is 2. The van der Waals surface area contributed by atoms with Crippen LogP contribution in [0.25, 0.3) is 22.6 Å². The molecule has 3 rings (SSSR count). The Morgan fingerprint density at radius 3 is 2.69 bits per heavy atom. The quantitative estimate of drug-likeness (QED) is 0.486. The van der Waals surface area contributed by atoms with Crippen molar-refractivity contribution < 1.29 is 9.21 Å². The Labute approximate surface area is 164 Å². The maximum atomic E-state index is 12.0. The van der Waals surface area contributed by atoms with Crippen molar-refractivity contribution in [2.45, 2.75) is 32.1 Å². The average Bonchev–Trinajstić information content (AvgIpc) is 3.23. The summed E-state index contributed by atoms with van der Waals surface area (Å²) in [6.07, 6.45) is 6.18. The molecule has 0 atom stereocenters. The topological polar surface area (TPSA) is 96.9 Å². The number of hydrogen-bond donors (Lipinski definition) is 3. The van der Waals surface area contributed by atoms with E-state index in [0.29, 0.717) is 18.0 Å². The fourth-order valence-corrected chi connectivity index (χ4v) is 2.62. The second-order valence-corrected chi connectivity index (χ2v) is 5.80. The Hall–Kier alpha value is -2.02. The van der Waals surface area contributed by atoms with Crippen LogP contribution in [-0.4, -0.2) is 22.4 Å². The number of amides is 1. The molecule has 4 N–H and O–H groups in total. The monoisotopic (exact) mass is 398 g/mol. The van der Waals surface area contributed by atoms with Crippen LogP contribution in [0.3, 0.4) is 0 Å². The van der Waals surface area contributed by atoms with Gasteiger partial charge in [-0.25, -0.2) is 4.98 Å². The lowest BCUT2D eigenvalue weighted by Crippen LogP contribution is -2.11. The van der Waals surface area contributed by atoms with E-state index in [-0.39, 0.29) is 30.7 Å². The van der Waals surface area contributed by atoms with Gasteiger partial charge in [-0.3, -0.25) is 4.79 Å². The number of hydrogen-bond acceptors (Lipinski definition) is 4. The van der Waals surface area contributed by atoms with Gasteiger partial charge in [0.05, 0.1) is 17.3 Å². The number of furan rings is 1. The van der Waals surface area contributed by atoms with Gasteiger partial charge in [0.25, 0.3) is 0 Å². The van der Waals surface area contributed by atoms with Gasteiger partial charge >= 0.3 is 0 Å². The van der Waals surface area contributed by atoms with E-state index < -0.39 is 0 Å². The minimum atomic E-state index is 0. The van der Waals surface area contributed by atoms with Crippen molar-refractivity contribution in [2.75, 3.05) is 11.9 Å². The van der Waals surface area contributed by atoms with Crippen LogP contribution in [0.15, 0.2) is 41.0 Å². The fourth-order valence-electron chi connectivity index (χ4n) is 2.62. The summed E-state index contributed by atoms with van der Waals surface area (Å²) in [6.45, 7) is 0.719. The molecule has 0 aliphatic rings. The average molecular weight is 399 g/mol. The number of fused-ring (bicyclic) bond motifs is 1. The molecule has 0 aliphatic carbocycles. The molecule has 2 heterocycles. The highest BCUT2D eigenvalue weighted by Gasteiger charge is 2.09. The van der Waals surface area contributed by atoms with E-state index in [1.54, 1.807) is 6.26 Å². The number of aromatic amines is 1. The molecule has 0 bridgehead atoms. The smallest absolute Gasteiger partial charge is 0.224 e. The van der Waals surface area contributed by atoms with Crippen molar-refractivity contribution >= 4 is 47.4 Å². The second-order valence-electron chi connectivity index (χ2n) is 5.80. The predicted molar refractivity (Wildman–Crippen MR) is 109 cm³/mol. The van der Waals surface area contributed by atoms with Gasteiger partial charge in [0.1, 0.15) is 0 Å². The standard InChI is InChI=1S/C18H22N4O2.2ClH/c19-10-4-2-1-3-7-17(23)20-13-8-9-14-15(12-13)22-18(21-14)16-6-5-11-24-16;;/h5-6,8-9,11-12H,1-4,7,10,19H2,(H,20,23)(H,21,22);2*1H. The third-order valence-corrected chi connectivity index (χ3v) is 3.88. The van der Waals surface area contributed by atoms with Crippen molar-refractivity contribution in [2.24, 2.45) is 5.73 Å². The third kappa shape index (κ3) is 5.76. The molecule has 0 aliphatic heterocycles. The lowest BCUT2D eigenvalue weighted by atomic mass is 10.1. The molecule has 6 nitrogen and oxygen atoms in total. The van der Waals surface area contributed by atoms with E-state index in [9.17, 15) is 4.79 Å². The number of anilines is 1. The molecule has 2 aromatic heterocycles. The van der Waals surface area contributed by atoms with Crippen LogP contribution in [0, 0.1) is 0 Å². The molecule has 0 spiro atoms. The molecule has 142 valence electrons. The second kappa shape index (κ2) is 10.9. The summed E-state index contributed by atoms with van der Waals surface area (Å²) >= 11 is 0. The molecule has 0 saturated carbocycles. The summed E-state index contributed by atoms with van der Waals surface area (Å²) < 4.78 is 5.34. The third-order valence-electron chi connectivity index (χ3n) is 3.88. The summed E-state index contributed by atoms with van der Waals surface area (Å²) in [5.41, 5.74) is 7.92. The maximum absolute atomic E-state index is 12.0. The van der Waals surface area contributed by atoms with Crippen LogP contribution >= 0.6 is 24.8 Å². The minimum absolute atomic E-state index is 0. The van der Waals surface area contributed by atoms with Crippen LogP contribution in [0.5, 0.6) is 0 Å². The van der Waals surface area contributed by atoms with Gasteiger partial charge in [-0.1, -0.05) is 12.8 Å². The van der Waals surface area contributed by atoms with E-state index in [1.807, 2.05) is 30.3 Å². The molecule has 1 amide bonds. The summed E-state index contributed by atoms with van der Waals surface area (Å²) in [6, 6.07) is 9.31. The normalized spacial score (nSPS) is 10.2. The van der Waals surface area contributed by atoms with Crippen LogP contribution in [-0.2, 0) is 4.79 Å². The Morgan fingerprint density at radius 1 is 1.15 bits per heavy atom. The highest BCUT2D eigenvalue weighted by atomic mass is 35.5. The van der Waals surface area contributed by atoms with Crippen LogP contribution in [0.1, 0.15) is 32.1 Å². The van der Waals surface area contributed by atoms with Crippen molar-refractivity contribution in [3.8, 4) is 11.6 Å². The molecule has 0 saturated heterocycles. The van der Waals surface area contributed by atoms with E-state index in [0.717, 1.165) is 48.9 Å². The SMILES string of the molecule is Cl.Cl.NCCCCCCC(=O)Nc1ccc2nc(-c3ccco3)[nH]c2c1. The molecule has 0 unspecified atom stereocenters. The maximum Gasteiger partial charge on any atom is 0.224 e. The molecule has 1 aromatic carbocycles. The van der Waals surface area contributed by atoms with Gasteiger partial charge in [-0.2, -0.15) is 0 Å². The van der Waals surface area contributed by atoms with E-state index >= 15 is 0 Å². The lowest BCUT2D eigenvalue weighted by Gasteiger charge is -2.05. The summed E-state index contributed by atoms with van der Waals surface area (Å²) in [7, 11) is 0. The van der Waals surface area contributed by atoms with Gasteiger partial charge in [0, 0.05) is 12.1 Å². The Morgan fingerprint density at radius 2 is 1.96 bits per heavy atom. The Balaban J connectivity index is 0.00000169. The molecular weight excluding hydrogens is 375 g/mol. The van der Waals surface area contributed by atoms with Crippen molar-refractivity contribution in [1.82, 2.24) is 9.97 Å². The van der Waals surface area contributed by atoms with Gasteiger partial charge in [-0.15, -0.1) is 24.8 Å². The zero-order chi connectivity index (χ0) is 16.8. The van der Waals surface area contributed by atoms with Crippen molar-refractivity contribution in [1.29, 1.82) is 0 Å². The molecule has 26 heavy (non-hydrogen) atoms. The number of H-pyrrole nitrogens is 1. The first-order chi connectivity index (χ1) is 11.8. The van der Waals surface area contributed by atoms with E-state index in [1.165, 1.54) is 0 Å². The van der Waals surface area contributed by atoms with E-state index in [4.69, 9.17) is 10.2 Å². The molecule has 0 fully saturated rings. The zero-order valence-electron chi connectivity index (χ0n) is 14.4. The Kier molecular flexibility index (Phi) is 9.19. The number of rotatable bonds is 8. The number of nitrogens with two attached hydrogens (primary N) is 1. The zero-order valence-corrected chi connectivity index (χ0v) is 16.0. The summed E-state index contributed by atoms with van der Waals surface area (Å²) in [5.74, 6) is 1.40. The molecule has 3 aromatic rings. The van der Waals surface area contributed by atoms with Crippen LogP contribution in [0.4, 0.5) is 5.69 Å². The predicted octanol–water partition coefficient (Wildman–Crippen LogP) is 4.51. The first-order valence-corrected chi connectivity index (χ1v) is 8.30. The summed E-state index contributed by atoms with van der Waals surface area (Å²) in [5, 5.41) is 2.93. The molecule has 0 radical (unpaired) electrons. The number of nitrogens with zero attached hydrogens (tertiary/aromatic N) is 1. The van der Waals surface area contributed by atoms with Gasteiger partial charge in [-0.05, 0) is 49.7 Å². The number of imidazole rings is 1. The Bertz CT molecular complexity index is 803. The summed E-state index contributed by atoms with van der Waals surface area (Å²) in [4.78, 5) is 19.7. The number of carbonyl (C=O) groups excluding carboxylic acids is 1. The van der Waals surface area contributed by atoms with E-state index in [2.05, 4.69) is 15.3 Å². The minimum Gasteiger partial charge on any atom is -0.461 e. The fraction of sp³-hybridized carbons (Fsp3) is 0.333. The van der Waals surface area contributed by atoms with Crippen molar-refractivity contribution in [3.05, 3.63) is 36.6 Å². The number of halogens is 2. The number of carbonyl (C=O) groups is 1. The van der Waals surface area contributed by atoms with Gasteiger partial charge in [0.15, 0.2) is 11.6 Å². The van der Waals surface area contributed by atoms with Gasteiger partial charge in [0.2, 0.25) is 5.91 Å². The molecular formula is C18H24Cl2N4O2. The van der Waals surface area contributed by atoms with Gasteiger partial charge < -0.3 is 20.5 Å². The van der Waals surface area contributed by atoms with Crippen LogP contribution < -0.4 is 11.1 Å². The number of aromatic nitrogens is 2. The molecule has 8 heteroatoms. The lowest BCUT2D eigenvalue weighted by molar-refractivity contribution is -0.116. The first kappa shape index (κ1) is 22.0. The number of benzene rings is 1. The van der Waals surface area contributed by atoms with Crippen molar-refractivity contribution in [3.63, 3.8) is 0 Å². The highest BCUT2D eigenvalue weighted by Crippen LogP contribution is 2.23. The number of unbranched alkanes of at least 4 members (excludes halogenated alkanes) is 3. The highest BCUT2D eigenvalue weighted by molar-refractivity contribution is 5.93. The first-order valence-electron chi connectivity index (χ1n) is 8.30. The van der Waals surface area contributed by atoms with Crippen LogP contribution in [0.2, 0.25) is 0 Å². The largest absolute Gasteiger partial charge is 0.461 e.